The van der Waals surface area contributed by atoms with Crippen molar-refractivity contribution in [1.29, 1.82) is 0 Å². The summed E-state index contributed by atoms with van der Waals surface area (Å²) in [6.07, 6.45) is -4.43. The van der Waals surface area contributed by atoms with Crippen LogP contribution in [0.25, 0.3) is 10.9 Å². The van der Waals surface area contributed by atoms with Crippen LogP contribution in [-0.4, -0.2) is 4.57 Å². The summed E-state index contributed by atoms with van der Waals surface area (Å²) in [7, 11) is 0. The smallest absolute Gasteiger partial charge is 0.345 e. The average molecular weight is 255 g/mol. The molecule has 1 heterocycles. The number of benzene rings is 1. The number of aromatic nitrogens is 1. The second kappa shape index (κ2) is 4.15. The highest BCUT2D eigenvalue weighted by Gasteiger charge is 2.30. The molecular formula is C13H12F3NO. The summed E-state index contributed by atoms with van der Waals surface area (Å²) in [5.41, 5.74) is 0.113. The van der Waals surface area contributed by atoms with Crippen molar-refractivity contribution in [2.24, 2.45) is 0 Å². The Morgan fingerprint density at radius 2 is 1.89 bits per heavy atom. The molecular weight excluding hydrogens is 243 g/mol. The van der Waals surface area contributed by atoms with E-state index in [1.165, 1.54) is 12.1 Å². The molecule has 5 heteroatoms. The van der Waals surface area contributed by atoms with Crippen molar-refractivity contribution in [2.75, 3.05) is 0 Å². The first-order chi connectivity index (χ1) is 8.34. The molecule has 1 aromatic heterocycles. The van der Waals surface area contributed by atoms with E-state index in [0.29, 0.717) is 12.1 Å². The summed E-state index contributed by atoms with van der Waals surface area (Å²) in [5.74, 6) is 0. The van der Waals surface area contributed by atoms with E-state index in [0.717, 1.165) is 17.8 Å². The molecule has 0 atom stereocenters. The Hall–Kier alpha value is -1.78. The second-order valence-corrected chi connectivity index (χ2v) is 4.12. The number of rotatable bonds is 1. The normalized spacial score (nSPS) is 12.1. The molecule has 2 aromatic rings. The Kier molecular flexibility index (Phi) is 2.92. The van der Waals surface area contributed by atoms with Crippen molar-refractivity contribution in [1.82, 2.24) is 4.57 Å². The number of hydrogen-bond acceptors (Lipinski definition) is 1. The molecule has 0 aliphatic rings. The minimum atomic E-state index is -4.43. The Balaban J connectivity index is 2.84. The molecule has 96 valence electrons. The maximum atomic E-state index is 12.6. The van der Waals surface area contributed by atoms with Crippen LogP contribution < -0.4 is 5.43 Å². The number of fused-ring (bicyclic) bond motifs is 1. The highest BCUT2D eigenvalue weighted by Crippen LogP contribution is 2.30. The van der Waals surface area contributed by atoms with Crippen molar-refractivity contribution in [3.63, 3.8) is 0 Å². The predicted octanol–water partition coefficient (Wildman–Crippen LogP) is 3.35. The third kappa shape index (κ3) is 2.00. The zero-order chi connectivity index (χ0) is 13.5. The summed E-state index contributed by atoms with van der Waals surface area (Å²) in [6.45, 7) is 4.25. The number of aryl methyl sites for hydroxylation is 2. The zero-order valence-corrected chi connectivity index (χ0v) is 10.0. The molecule has 0 aliphatic carbocycles. The van der Waals surface area contributed by atoms with Crippen LogP contribution in [0.5, 0.6) is 0 Å². The van der Waals surface area contributed by atoms with E-state index in [-0.39, 0.29) is 10.8 Å². The minimum absolute atomic E-state index is 0.109. The van der Waals surface area contributed by atoms with Crippen molar-refractivity contribution < 1.29 is 13.2 Å². The summed E-state index contributed by atoms with van der Waals surface area (Å²) in [5, 5.41) is 0.109. The molecule has 18 heavy (non-hydrogen) atoms. The Morgan fingerprint density at radius 3 is 2.44 bits per heavy atom. The van der Waals surface area contributed by atoms with Gasteiger partial charge in [-0.05, 0) is 32.0 Å². The van der Waals surface area contributed by atoms with Gasteiger partial charge in [0.05, 0.1) is 11.1 Å². The van der Waals surface area contributed by atoms with Gasteiger partial charge in [0, 0.05) is 23.7 Å². The van der Waals surface area contributed by atoms with Gasteiger partial charge in [0.1, 0.15) is 0 Å². The van der Waals surface area contributed by atoms with Crippen molar-refractivity contribution in [2.45, 2.75) is 26.6 Å². The lowest BCUT2D eigenvalue weighted by atomic mass is 10.1. The molecule has 0 aliphatic heterocycles. The third-order valence-corrected chi connectivity index (χ3v) is 2.96. The summed E-state index contributed by atoms with van der Waals surface area (Å²) < 4.78 is 39.6. The van der Waals surface area contributed by atoms with Gasteiger partial charge in [-0.15, -0.1) is 0 Å². The van der Waals surface area contributed by atoms with Crippen LogP contribution in [0.2, 0.25) is 0 Å². The third-order valence-electron chi connectivity index (χ3n) is 2.96. The first-order valence-corrected chi connectivity index (χ1v) is 5.56. The highest BCUT2D eigenvalue weighted by atomic mass is 19.4. The molecule has 0 saturated heterocycles. The summed E-state index contributed by atoms with van der Waals surface area (Å²) >= 11 is 0. The SMILES string of the molecule is CCn1c(C)cc(=O)c2cc(C(F)(F)F)ccc21. The van der Waals surface area contributed by atoms with Gasteiger partial charge in [0.2, 0.25) is 0 Å². The predicted molar refractivity (Wildman–Crippen MR) is 63.6 cm³/mol. The first-order valence-electron chi connectivity index (χ1n) is 5.56. The molecule has 1 aromatic carbocycles. The van der Waals surface area contributed by atoms with Crippen LogP contribution >= 0.6 is 0 Å². The van der Waals surface area contributed by atoms with Gasteiger partial charge in [0.15, 0.2) is 5.43 Å². The maximum absolute atomic E-state index is 12.6. The largest absolute Gasteiger partial charge is 0.416 e. The standard InChI is InChI=1S/C13H12F3NO/c1-3-17-8(2)6-12(18)10-7-9(13(14,15)16)4-5-11(10)17/h4-7H,3H2,1-2H3. The first kappa shape index (κ1) is 12.7. The molecule has 0 spiro atoms. The molecule has 0 fully saturated rings. The van der Waals surface area contributed by atoms with E-state index in [1.807, 2.05) is 11.5 Å². The van der Waals surface area contributed by atoms with E-state index in [2.05, 4.69) is 0 Å². The topological polar surface area (TPSA) is 22.0 Å². The highest BCUT2D eigenvalue weighted by molar-refractivity contribution is 5.80. The van der Waals surface area contributed by atoms with Gasteiger partial charge < -0.3 is 4.57 Å². The zero-order valence-electron chi connectivity index (χ0n) is 10.0. The van der Waals surface area contributed by atoms with E-state index >= 15 is 0 Å². The van der Waals surface area contributed by atoms with E-state index in [1.54, 1.807) is 6.92 Å². The summed E-state index contributed by atoms with van der Waals surface area (Å²) in [4.78, 5) is 11.8. The van der Waals surface area contributed by atoms with Gasteiger partial charge >= 0.3 is 6.18 Å². The van der Waals surface area contributed by atoms with Crippen LogP contribution in [0.1, 0.15) is 18.2 Å². The van der Waals surface area contributed by atoms with Crippen LogP contribution in [0.3, 0.4) is 0 Å². The molecule has 0 N–H and O–H groups in total. The Morgan fingerprint density at radius 1 is 1.22 bits per heavy atom. The lowest BCUT2D eigenvalue weighted by Crippen LogP contribution is -2.13. The Labute approximate surface area is 102 Å². The fourth-order valence-electron chi connectivity index (χ4n) is 2.10. The number of hydrogen-bond donors (Lipinski definition) is 0. The van der Waals surface area contributed by atoms with Gasteiger partial charge in [-0.3, -0.25) is 4.79 Å². The number of halogens is 3. The quantitative estimate of drug-likeness (QED) is 0.766. The minimum Gasteiger partial charge on any atom is -0.345 e. The van der Waals surface area contributed by atoms with Crippen LogP contribution in [0, 0.1) is 6.92 Å². The molecule has 0 unspecified atom stereocenters. The maximum Gasteiger partial charge on any atom is 0.416 e. The molecule has 0 saturated carbocycles. The average Bonchev–Trinajstić information content (AvgIpc) is 2.27. The lowest BCUT2D eigenvalue weighted by Gasteiger charge is -2.14. The van der Waals surface area contributed by atoms with E-state index in [9.17, 15) is 18.0 Å². The van der Waals surface area contributed by atoms with Crippen molar-refractivity contribution >= 4 is 10.9 Å². The summed E-state index contributed by atoms with van der Waals surface area (Å²) in [6, 6.07) is 4.65. The number of pyridine rings is 1. The second-order valence-electron chi connectivity index (χ2n) is 4.12. The van der Waals surface area contributed by atoms with Gasteiger partial charge in [0.25, 0.3) is 0 Å². The van der Waals surface area contributed by atoms with Crippen molar-refractivity contribution in [3.8, 4) is 0 Å². The molecule has 2 rings (SSSR count). The monoisotopic (exact) mass is 255 g/mol. The number of nitrogens with zero attached hydrogens (tertiary/aromatic N) is 1. The Bertz CT molecular complexity index is 656. The van der Waals surface area contributed by atoms with Gasteiger partial charge in [-0.25, -0.2) is 0 Å². The van der Waals surface area contributed by atoms with Crippen LogP contribution in [0.4, 0.5) is 13.2 Å². The lowest BCUT2D eigenvalue weighted by molar-refractivity contribution is -0.137. The molecule has 2 nitrogen and oxygen atoms in total. The molecule has 0 radical (unpaired) electrons. The van der Waals surface area contributed by atoms with Gasteiger partial charge in [-0.2, -0.15) is 13.2 Å². The molecule has 0 bridgehead atoms. The van der Waals surface area contributed by atoms with E-state index in [4.69, 9.17) is 0 Å². The van der Waals surface area contributed by atoms with E-state index < -0.39 is 11.7 Å². The van der Waals surface area contributed by atoms with Crippen molar-refractivity contribution in [3.05, 3.63) is 45.7 Å². The number of alkyl halides is 3. The van der Waals surface area contributed by atoms with Gasteiger partial charge in [-0.1, -0.05) is 0 Å². The fraction of sp³-hybridized carbons (Fsp3) is 0.308. The fourth-order valence-corrected chi connectivity index (χ4v) is 2.10. The van der Waals surface area contributed by atoms with Crippen LogP contribution in [-0.2, 0) is 12.7 Å². The molecule has 0 amide bonds. The van der Waals surface area contributed by atoms with Crippen LogP contribution in [0.15, 0.2) is 29.1 Å².